The first kappa shape index (κ1) is 16.2. The molecular formula is C16H23N7O. The average Bonchev–Trinajstić information content (AvgIpc) is 3.03. The molecule has 0 amide bonds. The van der Waals surface area contributed by atoms with Gasteiger partial charge in [0.15, 0.2) is 5.65 Å². The zero-order chi connectivity index (χ0) is 17.4. The van der Waals surface area contributed by atoms with E-state index in [4.69, 9.17) is 0 Å². The zero-order valence-electron chi connectivity index (χ0n) is 14.7. The first-order valence-electron chi connectivity index (χ1n) is 8.11. The molecule has 0 saturated heterocycles. The third-order valence-electron chi connectivity index (χ3n) is 3.82. The van der Waals surface area contributed by atoms with Gasteiger partial charge in [0.05, 0.1) is 23.8 Å². The maximum atomic E-state index is 12.2. The number of aromatic nitrogens is 6. The van der Waals surface area contributed by atoms with Crippen molar-refractivity contribution in [2.45, 2.75) is 40.2 Å². The van der Waals surface area contributed by atoms with Crippen molar-refractivity contribution in [2.24, 2.45) is 13.0 Å². The van der Waals surface area contributed by atoms with Gasteiger partial charge in [0, 0.05) is 13.6 Å². The molecule has 3 rings (SSSR count). The second-order valence-corrected chi connectivity index (χ2v) is 6.72. The lowest BCUT2D eigenvalue weighted by molar-refractivity contribution is 0.462. The summed E-state index contributed by atoms with van der Waals surface area (Å²) < 4.78 is 3.60. The largest absolute Gasteiger partial charge is 0.323 e. The fourth-order valence-corrected chi connectivity index (χ4v) is 2.81. The van der Waals surface area contributed by atoms with Crippen LogP contribution in [0.4, 0.5) is 11.6 Å². The van der Waals surface area contributed by atoms with Gasteiger partial charge in [0.25, 0.3) is 5.56 Å². The zero-order valence-corrected chi connectivity index (χ0v) is 14.7. The van der Waals surface area contributed by atoms with Crippen LogP contribution in [0, 0.1) is 5.92 Å². The molecule has 3 aromatic heterocycles. The van der Waals surface area contributed by atoms with Gasteiger partial charge < -0.3 is 5.32 Å². The Labute approximate surface area is 139 Å². The lowest BCUT2D eigenvalue weighted by atomic mass is 10.1. The molecule has 0 aromatic carbocycles. The molecule has 0 aliphatic rings. The van der Waals surface area contributed by atoms with Crippen LogP contribution in [0.2, 0.25) is 0 Å². The summed E-state index contributed by atoms with van der Waals surface area (Å²) in [5.41, 5.74) is 2.28. The quantitative estimate of drug-likeness (QED) is 0.749. The molecule has 8 nitrogen and oxygen atoms in total. The number of nitrogens with one attached hydrogen (secondary N) is 2. The van der Waals surface area contributed by atoms with Gasteiger partial charge in [0.1, 0.15) is 5.39 Å². The maximum absolute atomic E-state index is 12.2. The fourth-order valence-electron chi connectivity index (χ4n) is 2.81. The number of rotatable bonds is 5. The number of aryl methyl sites for hydroxylation is 1. The third kappa shape index (κ3) is 2.91. The molecule has 0 aliphatic heterocycles. The van der Waals surface area contributed by atoms with Gasteiger partial charge in [-0.15, -0.1) is 0 Å². The van der Waals surface area contributed by atoms with Crippen LogP contribution in [0.5, 0.6) is 0 Å². The van der Waals surface area contributed by atoms with Crippen molar-refractivity contribution >= 4 is 22.7 Å². The highest BCUT2D eigenvalue weighted by Crippen LogP contribution is 2.26. The highest BCUT2D eigenvalue weighted by molar-refractivity contribution is 5.75. The molecular weight excluding hydrogens is 306 g/mol. The molecule has 0 unspecified atom stereocenters. The lowest BCUT2D eigenvalue weighted by Gasteiger charge is -2.15. The number of nitrogens with zero attached hydrogens (tertiary/aromatic N) is 5. The Morgan fingerprint density at radius 2 is 1.96 bits per heavy atom. The summed E-state index contributed by atoms with van der Waals surface area (Å²) in [7, 11) is 1.76. The first-order valence-corrected chi connectivity index (χ1v) is 8.11. The summed E-state index contributed by atoms with van der Waals surface area (Å²) in [6.45, 7) is 9.42. The molecule has 0 aliphatic carbocycles. The van der Waals surface area contributed by atoms with E-state index in [1.54, 1.807) is 17.9 Å². The second-order valence-electron chi connectivity index (χ2n) is 6.72. The van der Waals surface area contributed by atoms with Crippen molar-refractivity contribution in [3.63, 3.8) is 0 Å². The van der Waals surface area contributed by atoms with Crippen LogP contribution >= 0.6 is 0 Å². The Bertz CT molecular complexity index is 916. The van der Waals surface area contributed by atoms with Crippen molar-refractivity contribution in [1.29, 1.82) is 0 Å². The maximum Gasteiger partial charge on any atom is 0.263 e. The van der Waals surface area contributed by atoms with Gasteiger partial charge in [0.2, 0.25) is 5.95 Å². The molecule has 0 atom stereocenters. The summed E-state index contributed by atoms with van der Waals surface area (Å²) in [6.07, 6.45) is 3.30. The molecule has 0 spiro atoms. The molecule has 8 heteroatoms. The van der Waals surface area contributed by atoms with E-state index < -0.39 is 0 Å². The minimum absolute atomic E-state index is 0.212. The van der Waals surface area contributed by atoms with Crippen LogP contribution in [0.15, 0.2) is 17.2 Å². The van der Waals surface area contributed by atoms with Crippen LogP contribution in [0.3, 0.4) is 0 Å². The van der Waals surface area contributed by atoms with Crippen molar-refractivity contribution in [3.8, 4) is 0 Å². The summed E-state index contributed by atoms with van der Waals surface area (Å²) in [6, 6.07) is 0. The van der Waals surface area contributed by atoms with E-state index in [2.05, 4.69) is 53.2 Å². The first-order chi connectivity index (χ1) is 11.4. The SMILES string of the molecule is CC(C)Cn1ncc(Nc2nc3c(cnn3C)c(=O)[nH]2)c1C(C)C. The smallest absolute Gasteiger partial charge is 0.263 e. The molecule has 3 aromatic rings. The number of H-pyrrole nitrogens is 1. The molecule has 128 valence electrons. The fraction of sp³-hybridized carbons (Fsp3) is 0.500. The van der Waals surface area contributed by atoms with Gasteiger partial charge in [-0.25, -0.2) is 0 Å². The van der Waals surface area contributed by atoms with Crippen molar-refractivity contribution in [1.82, 2.24) is 29.5 Å². The summed E-state index contributed by atoms with van der Waals surface area (Å²) >= 11 is 0. The molecule has 24 heavy (non-hydrogen) atoms. The van der Waals surface area contributed by atoms with Crippen LogP contribution in [0.25, 0.3) is 11.0 Å². The Morgan fingerprint density at radius 1 is 1.21 bits per heavy atom. The number of fused-ring (bicyclic) bond motifs is 1. The standard InChI is InChI=1S/C16H23N7O/c1-9(2)8-23-13(10(3)4)12(7-18-23)19-16-20-14-11(15(24)21-16)6-17-22(14)5/h6-7,9-10H,8H2,1-5H3,(H2,19,20,21,24). The van der Waals surface area contributed by atoms with Gasteiger partial charge in [-0.2, -0.15) is 15.2 Å². The Balaban J connectivity index is 2.01. The average molecular weight is 329 g/mol. The van der Waals surface area contributed by atoms with E-state index in [9.17, 15) is 4.79 Å². The van der Waals surface area contributed by atoms with Crippen molar-refractivity contribution in [3.05, 3.63) is 28.4 Å². The lowest BCUT2D eigenvalue weighted by Crippen LogP contribution is -2.13. The van der Waals surface area contributed by atoms with Crippen LogP contribution in [0.1, 0.15) is 39.3 Å². The third-order valence-corrected chi connectivity index (χ3v) is 3.82. The summed E-state index contributed by atoms with van der Waals surface area (Å²) in [5.74, 6) is 1.18. The highest BCUT2D eigenvalue weighted by atomic mass is 16.1. The van der Waals surface area contributed by atoms with Crippen LogP contribution in [-0.4, -0.2) is 29.5 Å². The van der Waals surface area contributed by atoms with Gasteiger partial charge in [-0.3, -0.25) is 19.1 Å². The molecule has 0 fully saturated rings. The Morgan fingerprint density at radius 3 is 2.62 bits per heavy atom. The predicted molar refractivity (Wildman–Crippen MR) is 93.6 cm³/mol. The van der Waals surface area contributed by atoms with E-state index in [0.29, 0.717) is 28.8 Å². The topological polar surface area (TPSA) is 93.4 Å². The number of hydrogen-bond acceptors (Lipinski definition) is 5. The van der Waals surface area contributed by atoms with Crippen LogP contribution in [-0.2, 0) is 13.6 Å². The number of hydrogen-bond donors (Lipinski definition) is 2. The Hall–Kier alpha value is -2.64. The normalized spacial score (nSPS) is 11.8. The van der Waals surface area contributed by atoms with Gasteiger partial charge in [-0.05, 0) is 11.8 Å². The minimum Gasteiger partial charge on any atom is -0.323 e. The molecule has 3 heterocycles. The second kappa shape index (κ2) is 6.10. The summed E-state index contributed by atoms with van der Waals surface area (Å²) in [5, 5.41) is 12.2. The monoisotopic (exact) mass is 329 g/mol. The predicted octanol–water partition coefficient (Wildman–Crippen LogP) is 2.38. The van der Waals surface area contributed by atoms with E-state index in [-0.39, 0.29) is 5.56 Å². The van der Waals surface area contributed by atoms with Crippen LogP contribution < -0.4 is 10.9 Å². The summed E-state index contributed by atoms with van der Waals surface area (Å²) in [4.78, 5) is 19.4. The molecule has 0 bridgehead atoms. The van der Waals surface area contributed by atoms with E-state index in [0.717, 1.165) is 17.9 Å². The van der Waals surface area contributed by atoms with E-state index in [1.165, 1.54) is 6.20 Å². The number of aromatic amines is 1. The van der Waals surface area contributed by atoms with Crippen molar-refractivity contribution < 1.29 is 0 Å². The molecule has 2 N–H and O–H groups in total. The van der Waals surface area contributed by atoms with Crippen molar-refractivity contribution in [2.75, 3.05) is 5.32 Å². The van der Waals surface area contributed by atoms with E-state index in [1.807, 2.05) is 4.68 Å². The van der Waals surface area contributed by atoms with E-state index >= 15 is 0 Å². The Kier molecular flexibility index (Phi) is 4.13. The number of anilines is 2. The van der Waals surface area contributed by atoms with Gasteiger partial charge >= 0.3 is 0 Å². The molecule has 0 radical (unpaired) electrons. The molecule has 0 saturated carbocycles. The minimum atomic E-state index is -0.212. The van der Waals surface area contributed by atoms with Gasteiger partial charge in [-0.1, -0.05) is 27.7 Å². The highest BCUT2D eigenvalue weighted by Gasteiger charge is 2.17.